The Balaban J connectivity index is 2.01. The molecule has 25 heavy (non-hydrogen) atoms. The van der Waals surface area contributed by atoms with Gasteiger partial charge in [0.2, 0.25) is 5.91 Å². The van der Waals surface area contributed by atoms with Crippen molar-refractivity contribution in [2.45, 2.75) is 84.2 Å². The van der Waals surface area contributed by atoms with Crippen molar-refractivity contribution in [3.05, 3.63) is 0 Å². The quantitative estimate of drug-likeness (QED) is 0.566. The van der Waals surface area contributed by atoms with E-state index in [1.807, 2.05) is 13.8 Å². The van der Waals surface area contributed by atoms with Crippen LogP contribution in [0.5, 0.6) is 0 Å². The van der Waals surface area contributed by atoms with Crippen molar-refractivity contribution in [2.75, 3.05) is 13.1 Å². The van der Waals surface area contributed by atoms with Crippen molar-refractivity contribution in [1.82, 2.24) is 15.1 Å². The predicted molar refractivity (Wildman–Crippen MR) is 97.0 cm³/mol. The van der Waals surface area contributed by atoms with Crippen molar-refractivity contribution in [2.24, 2.45) is 5.92 Å². The highest BCUT2D eigenvalue weighted by Crippen LogP contribution is 2.36. The Labute approximate surface area is 151 Å². The number of carbonyl (C=O) groups excluding carboxylic acids is 3. The lowest BCUT2D eigenvalue weighted by Gasteiger charge is -2.33. The Morgan fingerprint density at radius 2 is 1.92 bits per heavy atom. The third-order valence-corrected chi connectivity index (χ3v) is 5.61. The van der Waals surface area contributed by atoms with E-state index < -0.39 is 11.6 Å². The summed E-state index contributed by atoms with van der Waals surface area (Å²) in [6.07, 6.45) is 6.32. The molecule has 1 saturated heterocycles. The van der Waals surface area contributed by atoms with E-state index in [2.05, 4.69) is 19.2 Å². The Hall–Kier alpha value is -1.59. The first kappa shape index (κ1) is 19.7. The van der Waals surface area contributed by atoms with Gasteiger partial charge in [0, 0.05) is 12.6 Å². The van der Waals surface area contributed by atoms with Crippen LogP contribution >= 0.6 is 0 Å². The van der Waals surface area contributed by atoms with Gasteiger partial charge in [-0.05, 0) is 51.9 Å². The van der Waals surface area contributed by atoms with Crippen molar-refractivity contribution in [3.8, 4) is 0 Å². The molecule has 0 atom stereocenters. The van der Waals surface area contributed by atoms with Gasteiger partial charge in [0.15, 0.2) is 0 Å². The van der Waals surface area contributed by atoms with E-state index in [1.165, 1.54) is 0 Å². The first-order valence-corrected chi connectivity index (χ1v) is 9.74. The number of nitrogens with zero attached hydrogens (tertiary/aromatic N) is 2. The molecule has 1 heterocycles. The third-order valence-electron chi connectivity index (χ3n) is 5.61. The van der Waals surface area contributed by atoms with Crippen LogP contribution in [-0.2, 0) is 9.59 Å². The Morgan fingerprint density at radius 3 is 2.48 bits per heavy atom. The third kappa shape index (κ3) is 4.33. The average Bonchev–Trinajstić information content (AvgIpc) is 2.78. The second-order valence-corrected chi connectivity index (χ2v) is 7.97. The van der Waals surface area contributed by atoms with Crippen LogP contribution in [0.2, 0.25) is 0 Å². The first-order chi connectivity index (χ1) is 11.8. The van der Waals surface area contributed by atoms with Gasteiger partial charge in [-0.2, -0.15) is 0 Å². The summed E-state index contributed by atoms with van der Waals surface area (Å²) in [5.74, 6) is 0.229. The molecule has 0 aromatic carbocycles. The molecule has 0 unspecified atom stereocenters. The molecular formula is C19H33N3O3. The number of hydrogen-bond acceptors (Lipinski definition) is 3. The number of amides is 4. The standard InChI is InChI=1S/C19H33N3O3/c1-5-6-7-12-21(14(2)3)16(23)13-22-17(24)19(20-18(22)25)10-8-15(4)9-11-19/h14-15H,5-13H2,1-4H3,(H,20,25). The maximum Gasteiger partial charge on any atom is 0.325 e. The minimum absolute atomic E-state index is 0.0645. The van der Waals surface area contributed by atoms with Crippen LogP contribution < -0.4 is 5.32 Å². The number of rotatable bonds is 7. The average molecular weight is 351 g/mol. The largest absolute Gasteiger partial charge is 0.339 e. The minimum Gasteiger partial charge on any atom is -0.339 e. The molecule has 0 aromatic rings. The zero-order valence-corrected chi connectivity index (χ0v) is 16.1. The van der Waals surface area contributed by atoms with Gasteiger partial charge in [-0.1, -0.05) is 26.7 Å². The van der Waals surface area contributed by atoms with Gasteiger partial charge < -0.3 is 10.2 Å². The maximum absolute atomic E-state index is 12.9. The summed E-state index contributed by atoms with van der Waals surface area (Å²) >= 11 is 0. The van der Waals surface area contributed by atoms with Crippen LogP contribution in [0, 0.1) is 5.92 Å². The van der Waals surface area contributed by atoms with Gasteiger partial charge in [-0.25, -0.2) is 4.79 Å². The van der Waals surface area contributed by atoms with E-state index in [9.17, 15) is 14.4 Å². The summed E-state index contributed by atoms with van der Waals surface area (Å²) in [6, 6.07) is -0.347. The molecule has 0 bridgehead atoms. The van der Waals surface area contributed by atoms with Crippen LogP contribution in [0.25, 0.3) is 0 Å². The lowest BCUT2D eigenvalue weighted by Crippen LogP contribution is -2.50. The molecule has 2 rings (SSSR count). The molecule has 1 spiro atoms. The summed E-state index contributed by atoms with van der Waals surface area (Å²) < 4.78 is 0. The highest BCUT2D eigenvalue weighted by molar-refractivity contribution is 6.09. The molecule has 4 amide bonds. The Bertz CT molecular complexity index is 510. The summed E-state index contributed by atoms with van der Waals surface area (Å²) in [5.41, 5.74) is -0.769. The fourth-order valence-corrected chi connectivity index (χ4v) is 3.84. The molecule has 1 N–H and O–H groups in total. The van der Waals surface area contributed by atoms with Crippen LogP contribution in [0.1, 0.15) is 72.6 Å². The molecule has 6 heteroatoms. The van der Waals surface area contributed by atoms with Crippen molar-refractivity contribution in [3.63, 3.8) is 0 Å². The van der Waals surface area contributed by atoms with E-state index in [1.54, 1.807) is 4.90 Å². The SMILES string of the molecule is CCCCCN(C(=O)CN1C(=O)NC2(CCC(C)CC2)C1=O)C(C)C. The van der Waals surface area contributed by atoms with Crippen LogP contribution in [-0.4, -0.2) is 52.3 Å². The van der Waals surface area contributed by atoms with Gasteiger partial charge in [0.1, 0.15) is 12.1 Å². The zero-order valence-electron chi connectivity index (χ0n) is 16.1. The predicted octanol–water partition coefficient (Wildman–Crippen LogP) is 2.91. The van der Waals surface area contributed by atoms with Gasteiger partial charge >= 0.3 is 6.03 Å². The first-order valence-electron chi connectivity index (χ1n) is 9.74. The van der Waals surface area contributed by atoms with Gasteiger partial charge in [0.25, 0.3) is 5.91 Å². The molecule has 1 saturated carbocycles. The summed E-state index contributed by atoms with van der Waals surface area (Å²) in [6.45, 7) is 8.77. The summed E-state index contributed by atoms with van der Waals surface area (Å²) in [7, 11) is 0. The molecule has 0 radical (unpaired) electrons. The van der Waals surface area contributed by atoms with Crippen molar-refractivity contribution >= 4 is 17.8 Å². The molecule has 0 aromatic heterocycles. The maximum atomic E-state index is 12.9. The van der Waals surface area contributed by atoms with Gasteiger partial charge in [0.05, 0.1) is 0 Å². The minimum atomic E-state index is -0.769. The van der Waals surface area contributed by atoms with Crippen LogP contribution in [0.15, 0.2) is 0 Å². The number of carbonyl (C=O) groups is 3. The van der Waals surface area contributed by atoms with Gasteiger partial charge in [-0.15, -0.1) is 0 Å². The van der Waals surface area contributed by atoms with E-state index in [0.717, 1.165) is 37.0 Å². The molecule has 1 aliphatic carbocycles. The molecular weight excluding hydrogens is 318 g/mol. The highest BCUT2D eigenvalue weighted by atomic mass is 16.2. The van der Waals surface area contributed by atoms with Crippen LogP contribution in [0.4, 0.5) is 4.79 Å². The second kappa shape index (κ2) is 8.19. The fraction of sp³-hybridized carbons (Fsp3) is 0.842. The molecule has 2 aliphatic rings. The summed E-state index contributed by atoms with van der Waals surface area (Å²) in [5, 5.41) is 2.88. The normalized spacial score (nSPS) is 26.4. The smallest absolute Gasteiger partial charge is 0.325 e. The number of nitrogens with one attached hydrogen (secondary N) is 1. The van der Waals surface area contributed by atoms with Crippen molar-refractivity contribution in [1.29, 1.82) is 0 Å². The van der Waals surface area contributed by atoms with E-state index in [4.69, 9.17) is 0 Å². The van der Waals surface area contributed by atoms with E-state index >= 15 is 0 Å². The number of imide groups is 1. The molecule has 2 fully saturated rings. The fourth-order valence-electron chi connectivity index (χ4n) is 3.84. The summed E-state index contributed by atoms with van der Waals surface area (Å²) in [4.78, 5) is 40.8. The van der Waals surface area contributed by atoms with E-state index in [-0.39, 0.29) is 24.4 Å². The zero-order chi connectivity index (χ0) is 18.6. The van der Waals surface area contributed by atoms with Crippen LogP contribution in [0.3, 0.4) is 0 Å². The number of hydrogen-bond donors (Lipinski definition) is 1. The molecule has 6 nitrogen and oxygen atoms in total. The number of unbranched alkanes of at least 4 members (excludes halogenated alkanes) is 2. The van der Waals surface area contributed by atoms with Gasteiger partial charge in [-0.3, -0.25) is 14.5 Å². The Kier molecular flexibility index (Phi) is 6.47. The topological polar surface area (TPSA) is 69.7 Å². The Morgan fingerprint density at radius 1 is 1.28 bits per heavy atom. The lowest BCUT2D eigenvalue weighted by molar-refractivity contribution is -0.140. The second-order valence-electron chi connectivity index (χ2n) is 7.97. The highest BCUT2D eigenvalue weighted by Gasteiger charge is 2.52. The number of urea groups is 1. The van der Waals surface area contributed by atoms with Crippen molar-refractivity contribution < 1.29 is 14.4 Å². The molecule has 1 aliphatic heterocycles. The lowest BCUT2D eigenvalue weighted by atomic mass is 9.77. The molecule has 142 valence electrons. The monoisotopic (exact) mass is 351 g/mol. The van der Waals surface area contributed by atoms with E-state index in [0.29, 0.717) is 25.3 Å².